The molecule has 1 unspecified atom stereocenters. The Labute approximate surface area is 166 Å². The summed E-state index contributed by atoms with van der Waals surface area (Å²) in [7, 11) is 0. The highest BCUT2D eigenvalue weighted by Crippen LogP contribution is 2.24. The van der Waals surface area contributed by atoms with Gasteiger partial charge in [-0.15, -0.1) is 0 Å². The Morgan fingerprint density at radius 1 is 1.25 bits per heavy atom. The van der Waals surface area contributed by atoms with Crippen LogP contribution in [0.5, 0.6) is 0 Å². The first kappa shape index (κ1) is 18.7. The minimum Gasteiger partial charge on any atom is -0.392 e. The quantitative estimate of drug-likeness (QED) is 0.708. The van der Waals surface area contributed by atoms with E-state index in [1.807, 2.05) is 24.3 Å². The molecule has 28 heavy (non-hydrogen) atoms. The smallest absolute Gasteiger partial charge is 0.280 e. The highest BCUT2D eigenvalue weighted by molar-refractivity contribution is 6.30. The largest absolute Gasteiger partial charge is 0.392 e. The Bertz CT molecular complexity index is 1100. The van der Waals surface area contributed by atoms with Crippen LogP contribution in [0.25, 0.3) is 11.0 Å². The molecule has 0 aliphatic carbocycles. The number of carbonyl (C=O) groups excluding carboxylic acids is 1. The second-order valence-corrected chi connectivity index (χ2v) is 7.49. The molecule has 4 rings (SSSR count). The van der Waals surface area contributed by atoms with E-state index in [-0.39, 0.29) is 24.2 Å². The molecule has 7 heteroatoms. The van der Waals surface area contributed by atoms with Gasteiger partial charge in [-0.25, -0.2) is 4.98 Å². The lowest BCUT2D eigenvalue weighted by Gasteiger charge is -2.24. The molecule has 1 atom stereocenters. The molecule has 144 valence electrons. The number of nitrogens with zero attached hydrogens (tertiary/aromatic N) is 2. The third-order valence-electron chi connectivity index (χ3n) is 5.14. The predicted octanol–water partition coefficient (Wildman–Crippen LogP) is 2.92. The van der Waals surface area contributed by atoms with Gasteiger partial charge in [0, 0.05) is 17.6 Å². The van der Waals surface area contributed by atoms with Crippen LogP contribution in [0.2, 0.25) is 5.02 Å². The van der Waals surface area contributed by atoms with Gasteiger partial charge in [-0.05, 0) is 54.7 Å². The minimum absolute atomic E-state index is 0.00615. The Balaban J connectivity index is 1.64. The van der Waals surface area contributed by atoms with Crippen LogP contribution in [0.4, 0.5) is 0 Å². The fourth-order valence-electron chi connectivity index (χ4n) is 3.76. The Morgan fingerprint density at radius 2 is 2.11 bits per heavy atom. The van der Waals surface area contributed by atoms with E-state index in [9.17, 15) is 14.7 Å². The van der Waals surface area contributed by atoms with Crippen LogP contribution < -0.4 is 5.56 Å². The van der Waals surface area contributed by atoms with Gasteiger partial charge in [-0.2, -0.15) is 0 Å². The van der Waals surface area contributed by atoms with E-state index >= 15 is 0 Å². The predicted molar refractivity (Wildman–Crippen MR) is 108 cm³/mol. The Morgan fingerprint density at radius 3 is 2.89 bits per heavy atom. The molecule has 1 fully saturated rings. The normalized spacial score (nSPS) is 16.6. The number of rotatable bonds is 4. The lowest BCUT2D eigenvalue weighted by Crippen LogP contribution is -2.40. The van der Waals surface area contributed by atoms with Gasteiger partial charge in [0.1, 0.15) is 0 Å². The number of carbonyl (C=O) groups is 1. The number of halogens is 1. The van der Waals surface area contributed by atoms with Crippen molar-refractivity contribution in [3.63, 3.8) is 0 Å². The van der Waals surface area contributed by atoms with E-state index in [1.54, 1.807) is 23.1 Å². The zero-order valence-corrected chi connectivity index (χ0v) is 15.9. The number of hydrogen-bond acceptors (Lipinski definition) is 4. The lowest BCUT2D eigenvalue weighted by molar-refractivity contribution is 0.0729. The van der Waals surface area contributed by atoms with Crippen molar-refractivity contribution in [2.75, 3.05) is 6.54 Å². The first-order chi connectivity index (χ1) is 13.5. The molecule has 1 aliphatic rings. The van der Waals surface area contributed by atoms with Crippen molar-refractivity contribution >= 4 is 28.5 Å². The number of aliphatic hydroxyl groups is 1. The summed E-state index contributed by atoms with van der Waals surface area (Å²) in [6.07, 6.45) is 2.45. The molecule has 6 nitrogen and oxygen atoms in total. The van der Waals surface area contributed by atoms with Crippen LogP contribution >= 0.6 is 11.6 Å². The molecule has 1 saturated heterocycles. The van der Waals surface area contributed by atoms with E-state index in [1.165, 1.54) is 0 Å². The summed E-state index contributed by atoms with van der Waals surface area (Å²) in [4.78, 5) is 34.3. The molecule has 1 aliphatic heterocycles. The van der Waals surface area contributed by atoms with Crippen molar-refractivity contribution in [1.82, 2.24) is 14.9 Å². The summed E-state index contributed by atoms with van der Waals surface area (Å²) < 4.78 is 0. The van der Waals surface area contributed by atoms with Crippen LogP contribution in [-0.4, -0.2) is 38.5 Å². The Kier molecular flexibility index (Phi) is 5.15. The second kappa shape index (κ2) is 7.73. The topological polar surface area (TPSA) is 86.3 Å². The van der Waals surface area contributed by atoms with E-state index in [0.717, 1.165) is 18.4 Å². The van der Waals surface area contributed by atoms with Crippen LogP contribution in [0.1, 0.15) is 34.5 Å². The molecule has 0 spiro atoms. The molecule has 0 bridgehead atoms. The molecule has 2 N–H and O–H groups in total. The van der Waals surface area contributed by atoms with Gasteiger partial charge < -0.3 is 15.0 Å². The monoisotopic (exact) mass is 397 g/mol. The summed E-state index contributed by atoms with van der Waals surface area (Å²) in [5.74, 6) is -0.359. The van der Waals surface area contributed by atoms with Crippen LogP contribution in [0, 0.1) is 0 Å². The molecule has 1 aromatic heterocycles. The van der Waals surface area contributed by atoms with Gasteiger partial charge in [0.05, 0.1) is 17.6 Å². The molecule has 2 heterocycles. The summed E-state index contributed by atoms with van der Waals surface area (Å²) in [6, 6.07) is 12.7. The zero-order chi connectivity index (χ0) is 19.7. The molecule has 0 saturated carbocycles. The maximum absolute atomic E-state index is 13.1. The average Bonchev–Trinajstić information content (AvgIpc) is 3.14. The lowest BCUT2D eigenvalue weighted by atomic mass is 10.0. The number of hydrogen-bond donors (Lipinski definition) is 2. The van der Waals surface area contributed by atoms with Crippen LogP contribution in [-0.2, 0) is 13.0 Å². The van der Waals surface area contributed by atoms with E-state index < -0.39 is 5.56 Å². The van der Waals surface area contributed by atoms with Gasteiger partial charge in [0.25, 0.3) is 11.5 Å². The summed E-state index contributed by atoms with van der Waals surface area (Å²) in [5.41, 5.74) is 2.15. The molecule has 2 aromatic carbocycles. The maximum Gasteiger partial charge on any atom is 0.280 e. The zero-order valence-electron chi connectivity index (χ0n) is 15.2. The highest BCUT2D eigenvalue weighted by Gasteiger charge is 2.31. The summed E-state index contributed by atoms with van der Waals surface area (Å²) in [6.45, 7) is 0.466. The van der Waals surface area contributed by atoms with Crippen molar-refractivity contribution in [3.05, 3.63) is 74.7 Å². The average molecular weight is 398 g/mol. The highest BCUT2D eigenvalue weighted by atomic mass is 35.5. The number of aromatic nitrogens is 2. The number of aliphatic hydroxyl groups excluding tert-OH is 1. The number of aromatic amines is 1. The number of benzene rings is 2. The van der Waals surface area contributed by atoms with E-state index in [4.69, 9.17) is 11.6 Å². The SMILES string of the molecule is O=C(c1nc2cc(CO)ccc2[nH]c1=O)N1CCCC1Cc1cccc(Cl)c1. The standard InChI is InChI=1S/C21H20ClN3O3/c22-15-4-1-3-13(9-15)10-16-5-2-8-25(16)21(28)19-20(27)24-17-7-6-14(12-26)11-18(17)23-19/h1,3-4,6-7,9,11,16,26H,2,5,8,10,12H2,(H,24,27). The van der Waals surface area contributed by atoms with Crippen molar-refractivity contribution in [1.29, 1.82) is 0 Å². The molecule has 1 amide bonds. The minimum atomic E-state index is -0.498. The number of likely N-dealkylation sites (tertiary alicyclic amines) is 1. The number of amides is 1. The third kappa shape index (κ3) is 3.66. The van der Waals surface area contributed by atoms with Crippen molar-refractivity contribution in [3.8, 4) is 0 Å². The van der Waals surface area contributed by atoms with Crippen molar-refractivity contribution < 1.29 is 9.90 Å². The molecule has 0 radical (unpaired) electrons. The number of fused-ring (bicyclic) bond motifs is 1. The van der Waals surface area contributed by atoms with Gasteiger partial charge in [-0.3, -0.25) is 9.59 Å². The molecular formula is C21H20ClN3O3. The van der Waals surface area contributed by atoms with E-state index in [0.29, 0.717) is 34.6 Å². The molecule has 3 aromatic rings. The number of H-pyrrole nitrogens is 1. The van der Waals surface area contributed by atoms with E-state index in [2.05, 4.69) is 9.97 Å². The van der Waals surface area contributed by atoms with Gasteiger partial charge >= 0.3 is 0 Å². The molecular weight excluding hydrogens is 378 g/mol. The van der Waals surface area contributed by atoms with Gasteiger partial charge in [0.2, 0.25) is 0 Å². The first-order valence-electron chi connectivity index (χ1n) is 9.24. The van der Waals surface area contributed by atoms with Crippen LogP contribution in [0.3, 0.4) is 0 Å². The Hall–Kier alpha value is -2.70. The summed E-state index contributed by atoms with van der Waals surface area (Å²) in [5, 5.41) is 9.98. The first-order valence-corrected chi connectivity index (χ1v) is 9.62. The van der Waals surface area contributed by atoms with Crippen molar-refractivity contribution in [2.24, 2.45) is 0 Å². The van der Waals surface area contributed by atoms with Crippen molar-refractivity contribution in [2.45, 2.75) is 31.9 Å². The second-order valence-electron chi connectivity index (χ2n) is 7.05. The number of nitrogens with one attached hydrogen (secondary N) is 1. The fourth-order valence-corrected chi connectivity index (χ4v) is 3.97. The van der Waals surface area contributed by atoms with Gasteiger partial charge in [0.15, 0.2) is 5.69 Å². The van der Waals surface area contributed by atoms with Gasteiger partial charge in [-0.1, -0.05) is 29.8 Å². The van der Waals surface area contributed by atoms with Crippen LogP contribution in [0.15, 0.2) is 47.3 Å². The summed E-state index contributed by atoms with van der Waals surface area (Å²) >= 11 is 6.07. The maximum atomic E-state index is 13.1. The fraction of sp³-hybridized carbons (Fsp3) is 0.286. The third-order valence-corrected chi connectivity index (χ3v) is 5.38.